The molecule has 0 aliphatic rings. The molecule has 0 atom stereocenters. The van der Waals surface area contributed by atoms with Gasteiger partial charge in [0, 0.05) is 11.4 Å². The Labute approximate surface area is 162 Å². The average Bonchev–Trinajstić information content (AvgIpc) is 3.06. The predicted octanol–water partition coefficient (Wildman–Crippen LogP) is 3.88. The standard InChI is InChI=1S/C19H24N6OS/c1-4-14(5-2)25-18-15(17(20)21-11-22-18)16(24-25)19(26)23-13-8-6-12(7-9-13)10-27-3/h6-9,11,14H,4-5,10H2,1-3H3,(H,23,26)(H2,20,21,22). The molecule has 0 saturated carbocycles. The number of hydrogen-bond acceptors (Lipinski definition) is 6. The summed E-state index contributed by atoms with van der Waals surface area (Å²) in [6, 6.07) is 7.94. The van der Waals surface area contributed by atoms with Crippen molar-refractivity contribution in [1.82, 2.24) is 19.7 Å². The molecular weight excluding hydrogens is 360 g/mol. The first kappa shape index (κ1) is 19.2. The van der Waals surface area contributed by atoms with Crippen LogP contribution in [0.4, 0.5) is 11.5 Å². The van der Waals surface area contributed by atoms with Crippen molar-refractivity contribution in [3.63, 3.8) is 0 Å². The Morgan fingerprint density at radius 3 is 2.56 bits per heavy atom. The number of anilines is 2. The van der Waals surface area contributed by atoms with Gasteiger partial charge in [-0.2, -0.15) is 16.9 Å². The van der Waals surface area contributed by atoms with E-state index in [-0.39, 0.29) is 23.5 Å². The number of carbonyl (C=O) groups is 1. The number of nitrogen functional groups attached to an aromatic ring is 1. The fourth-order valence-corrected chi connectivity index (χ4v) is 3.61. The van der Waals surface area contributed by atoms with Gasteiger partial charge in [-0.15, -0.1) is 0 Å². The van der Waals surface area contributed by atoms with Gasteiger partial charge in [0.2, 0.25) is 0 Å². The van der Waals surface area contributed by atoms with Crippen molar-refractivity contribution in [2.24, 2.45) is 0 Å². The molecule has 2 aromatic heterocycles. The Morgan fingerprint density at radius 2 is 1.93 bits per heavy atom. The first-order chi connectivity index (χ1) is 13.1. The van der Waals surface area contributed by atoms with E-state index in [0.29, 0.717) is 16.7 Å². The van der Waals surface area contributed by atoms with Gasteiger partial charge < -0.3 is 11.1 Å². The lowest BCUT2D eigenvalue weighted by Crippen LogP contribution is -2.15. The van der Waals surface area contributed by atoms with Crippen LogP contribution in [-0.4, -0.2) is 31.9 Å². The van der Waals surface area contributed by atoms with Gasteiger partial charge in [-0.05, 0) is 36.8 Å². The van der Waals surface area contributed by atoms with Crippen LogP contribution in [0.25, 0.3) is 11.0 Å². The lowest BCUT2D eigenvalue weighted by molar-refractivity contribution is 0.102. The molecule has 0 saturated heterocycles. The van der Waals surface area contributed by atoms with Crippen molar-refractivity contribution >= 4 is 40.2 Å². The number of carbonyl (C=O) groups excluding carboxylic acids is 1. The van der Waals surface area contributed by atoms with E-state index in [2.05, 4.69) is 40.5 Å². The van der Waals surface area contributed by atoms with Gasteiger partial charge in [0.25, 0.3) is 5.91 Å². The summed E-state index contributed by atoms with van der Waals surface area (Å²) in [4.78, 5) is 21.3. The van der Waals surface area contributed by atoms with E-state index in [1.165, 1.54) is 11.9 Å². The van der Waals surface area contributed by atoms with Gasteiger partial charge in [-0.25, -0.2) is 14.6 Å². The van der Waals surface area contributed by atoms with Gasteiger partial charge in [-0.1, -0.05) is 26.0 Å². The highest BCUT2D eigenvalue weighted by molar-refractivity contribution is 7.97. The molecule has 142 valence electrons. The first-order valence-corrected chi connectivity index (χ1v) is 10.4. The molecule has 0 fully saturated rings. The smallest absolute Gasteiger partial charge is 0.277 e. The third kappa shape index (κ3) is 3.90. The van der Waals surface area contributed by atoms with Crippen LogP contribution in [0.15, 0.2) is 30.6 Å². The van der Waals surface area contributed by atoms with E-state index in [4.69, 9.17) is 5.73 Å². The predicted molar refractivity (Wildman–Crippen MR) is 111 cm³/mol. The highest BCUT2D eigenvalue weighted by Crippen LogP contribution is 2.27. The van der Waals surface area contributed by atoms with Crippen molar-refractivity contribution in [3.05, 3.63) is 41.9 Å². The molecule has 1 amide bonds. The van der Waals surface area contributed by atoms with Crippen LogP contribution in [0.1, 0.15) is 48.8 Å². The zero-order valence-electron chi connectivity index (χ0n) is 15.8. The van der Waals surface area contributed by atoms with E-state index in [0.717, 1.165) is 18.6 Å². The average molecular weight is 385 g/mol. The number of nitrogens with one attached hydrogen (secondary N) is 1. The summed E-state index contributed by atoms with van der Waals surface area (Å²) in [5.41, 5.74) is 8.82. The monoisotopic (exact) mass is 384 g/mol. The van der Waals surface area contributed by atoms with E-state index < -0.39 is 0 Å². The maximum absolute atomic E-state index is 12.9. The Kier molecular flexibility index (Phi) is 5.95. The fourth-order valence-electron chi connectivity index (χ4n) is 3.08. The minimum Gasteiger partial charge on any atom is -0.383 e. The molecule has 3 N–H and O–H groups in total. The second kappa shape index (κ2) is 8.39. The molecule has 8 heteroatoms. The van der Waals surface area contributed by atoms with Crippen LogP contribution in [0.3, 0.4) is 0 Å². The topological polar surface area (TPSA) is 98.7 Å². The van der Waals surface area contributed by atoms with E-state index >= 15 is 0 Å². The Bertz CT molecular complexity index is 933. The Balaban J connectivity index is 1.96. The molecule has 3 rings (SSSR count). The zero-order valence-corrected chi connectivity index (χ0v) is 16.6. The zero-order chi connectivity index (χ0) is 19.4. The van der Waals surface area contributed by atoms with Gasteiger partial charge in [0.15, 0.2) is 11.3 Å². The van der Waals surface area contributed by atoms with Crippen LogP contribution < -0.4 is 11.1 Å². The first-order valence-electron chi connectivity index (χ1n) is 8.96. The molecule has 0 spiro atoms. The summed E-state index contributed by atoms with van der Waals surface area (Å²) < 4.78 is 1.80. The number of aromatic nitrogens is 4. The summed E-state index contributed by atoms with van der Waals surface area (Å²) in [6.07, 6.45) is 5.23. The van der Waals surface area contributed by atoms with Gasteiger partial charge >= 0.3 is 0 Å². The molecule has 7 nitrogen and oxygen atoms in total. The van der Waals surface area contributed by atoms with Crippen molar-refractivity contribution in [1.29, 1.82) is 0 Å². The second-order valence-corrected chi connectivity index (χ2v) is 7.17. The van der Waals surface area contributed by atoms with E-state index in [1.54, 1.807) is 16.4 Å². The molecule has 0 bridgehead atoms. The van der Waals surface area contributed by atoms with Gasteiger partial charge in [0.05, 0.1) is 11.4 Å². The van der Waals surface area contributed by atoms with Crippen LogP contribution in [-0.2, 0) is 5.75 Å². The summed E-state index contributed by atoms with van der Waals surface area (Å²) >= 11 is 1.76. The quantitative estimate of drug-likeness (QED) is 0.641. The number of nitrogens with two attached hydrogens (primary N) is 1. The normalized spacial score (nSPS) is 11.3. The maximum atomic E-state index is 12.9. The molecule has 2 heterocycles. The number of hydrogen-bond donors (Lipinski definition) is 2. The number of benzene rings is 1. The SMILES string of the molecule is CCC(CC)n1nc(C(=O)Nc2ccc(CSC)cc2)c2c(N)ncnc21. The van der Waals surface area contributed by atoms with Gasteiger partial charge in [-0.3, -0.25) is 4.79 Å². The molecule has 3 aromatic rings. The fraction of sp³-hybridized carbons (Fsp3) is 0.368. The summed E-state index contributed by atoms with van der Waals surface area (Å²) in [7, 11) is 0. The van der Waals surface area contributed by atoms with Crippen molar-refractivity contribution in [2.45, 2.75) is 38.5 Å². The van der Waals surface area contributed by atoms with Crippen LogP contribution >= 0.6 is 11.8 Å². The number of thioether (sulfide) groups is 1. The number of fused-ring (bicyclic) bond motifs is 1. The van der Waals surface area contributed by atoms with Crippen LogP contribution in [0, 0.1) is 0 Å². The molecule has 0 aliphatic heterocycles. The van der Waals surface area contributed by atoms with Crippen molar-refractivity contribution in [2.75, 3.05) is 17.3 Å². The minimum atomic E-state index is -0.316. The minimum absolute atomic E-state index is 0.147. The highest BCUT2D eigenvalue weighted by Gasteiger charge is 2.23. The molecule has 1 aromatic carbocycles. The van der Waals surface area contributed by atoms with Crippen LogP contribution in [0.2, 0.25) is 0 Å². The summed E-state index contributed by atoms with van der Waals surface area (Å²) in [6.45, 7) is 4.17. The van der Waals surface area contributed by atoms with Gasteiger partial charge in [0.1, 0.15) is 12.1 Å². The second-order valence-electron chi connectivity index (χ2n) is 6.31. The Hall–Kier alpha value is -2.61. The molecule has 0 unspecified atom stereocenters. The summed E-state index contributed by atoms with van der Waals surface area (Å²) in [5.74, 6) is 0.883. The van der Waals surface area contributed by atoms with Crippen LogP contribution in [0.5, 0.6) is 0 Å². The molecule has 27 heavy (non-hydrogen) atoms. The highest BCUT2D eigenvalue weighted by atomic mass is 32.2. The largest absolute Gasteiger partial charge is 0.383 e. The number of nitrogens with zero attached hydrogens (tertiary/aromatic N) is 4. The third-order valence-electron chi connectivity index (χ3n) is 4.54. The molecule has 0 radical (unpaired) electrons. The van der Waals surface area contributed by atoms with E-state index in [9.17, 15) is 4.79 Å². The summed E-state index contributed by atoms with van der Waals surface area (Å²) in [5, 5.41) is 7.96. The molecule has 0 aliphatic carbocycles. The third-order valence-corrected chi connectivity index (χ3v) is 5.17. The number of rotatable bonds is 7. The molecular formula is C19H24N6OS. The number of amides is 1. The van der Waals surface area contributed by atoms with Crippen molar-refractivity contribution in [3.8, 4) is 0 Å². The lowest BCUT2D eigenvalue weighted by Gasteiger charge is -2.13. The lowest BCUT2D eigenvalue weighted by atomic mass is 10.2. The van der Waals surface area contributed by atoms with E-state index in [1.807, 2.05) is 24.3 Å². The van der Waals surface area contributed by atoms with Crippen molar-refractivity contribution < 1.29 is 4.79 Å². The maximum Gasteiger partial charge on any atom is 0.277 e. The Morgan fingerprint density at radius 1 is 1.22 bits per heavy atom.